The average Bonchev–Trinajstić information content (AvgIpc) is 3.10. The normalized spacial score (nSPS) is 11.5. The minimum Gasteiger partial charge on any atom is -0.444 e. The molecule has 0 spiro atoms. The molecule has 0 aliphatic carbocycles. The highest BCUT2D eigenvalue weighted by molar-refractivity contribution is 14.0. The molecule has 0 bridgehead atoms. The summed E-state index contributed by atoms with van der Waals surface area (Å²) in [4.78, 5) is 8.83. The number of aryl methyl sites for hydroxylation is 2. The van der Waals surface area contributed by atoms with Crippen molar-refractivity contribution in [2.75, 3.05) is 6.54 Å². The van der Waals surface area contributed by atoms with Crippen LogP contribution in [0.5, 0.6) is 0 Å². The molecule has 2 aromatic heterocycles. The number of halogens is 1. The first-order chi connectivity index (χ1) is 11.0. The number of hydrogen-bond acceptors (Lipinski definition) is 5. The maximum atomic E-state index is 5.55. The van der Waals surface area contributed by atoms with Crippen LogP contribution in [0, 0.1) is 13.8 Å². The molecule has 0 aromatic carbocycles. The second-order valence-electron chi connectivity index (χ2n) is 5.67. The van der Waals surface area contributed by atoms with Gasteiger partial charge in [-0.1, -0.05) is 19.0 Å². The molecule has 0 atom stereocenters. The molecule has 0 unspecified atom stereocenters. The van der Waals surface area contributed by atoms with E-state index in [-0.39, 0.29) is 24.0 Å². The molecule has 0 saturated heterocycles. The average molecular weight is 447 g/mol. The Morgan fingerprint density at radius 2 is 2.04 bits per heavy atom. The fourth-order valence-electron chi connectivity index (χ4n) is 1.95. The van der Waals surface area contributed by atoms with Crippen LogP contribution < -0.4 is 10.6 Å². The van der Waals surface area contributed by atoms with Gasteiger partial charge in [-0.25, -0.2) is 9.98 Å². The molecule has 2 rings (SSSR count). The molecular formula is C16H26IN5O2. The summed E-state index contributed by atoms with van der Waals surface area (Å²) in [7, 11) is 0. The van der Waals surface area contributed by atoms with Crippen LogP contribution in [-0.2, 0) is 13.1 Å². The predicted octanol–water partition coefficient (Wildman–Crippen LogP) is 3.28. The van der Waals surface area contributed by atoms with E-state index in [0.29, 0.717) is 30.9 Å². The molecule has 0 aliphatic heterocycles. The molecule has 0 fully saturated rings. The highest BCUT2D eigenvalue weighted by Crippen LogP contribution is 2.14. The molecule has 0 saturated carbocycles. The lowest BCUT2D eigenvalue weighted by Gasteiger charge is -2.08. The zero-order valence-electron chi connectivity index (χ0n) is 14.8. The standard InChI is InChI=1S/C16H25N5O2.HI/c1-6-17-16(19-9-15-20-11(4)12(5)22-15)18-8-13-7-14(10(2)3)21-23-13;/h7,10H,6,8-9H2,1-5H3,(H2,17,18,19);1H. The Bertz CT molecular complexity index is 644. The highest BCUT2D eigenvalue weighted by atomic mass is 127. The highest BCUT2D eigenvalue weighted by Gasteiger charge is 2.09. The van der Waals surface area contributed by atoms with Gasteiger partial charge in [0.15, 0.2) is 11.7 Å². The van der Waals surface area contributed by atoms with Crippen molar-refractivity contribution in [2.45, 2.75) is 53.6 Å². The molecule has 134 valence electrons. The monoisotopic (exact) mass is 447 g/mol. The summed E-state index contributed by atoms with van der Waals surface area (Å²) in [6.45, 7) is 11.7. The van der Waals surface area contributed by atoms with Crippen molar-refractivity contribution in [3.8, 4) is 0 Å². The summed E-state index contributed by atoms with van der Waals surface area (Å²) >= 11 is 0. The molecule has 0 amide bonds. The Morgan fingerprint density at radius 3 is 2.58 bits per heavy atom. The maximum Gasteiger partial charge on any atom is 0.214 e. The molecule has 0 aliphatic rings. The molecule has 8 heteroatoms. The Kier molecular flexibility index (Phi) is 8.23. The largest absolute Gasteiger partial charge is 0.444 e. The van der Waals surface area contributed by atoms with Crippen molar-refractivity contribution >= 4 is 29.9 Å². The predicted molar refractivity (Wildman–Crippen MR) is 104 cm³/mol. The number of rotatable bonds is 6. The maximum absolute atomic E-state index is 5.55. The van der Waals surface area contributed by atoms with Crippen LogP contribution in [0.1, 0.15) is 55.5 Å². The summed E-state index contributed by atoms with van der Waals surface area (Å²) in [6, 6.07) is 1.94. The van der Waals surface area contributed by atoms with Crippen molar-refractivity contribution < 1.29 is 8.94 Å². The third kappa shape index (κ3) is 5.81. The van der Waals surface area contributed by atoms with Crippen LogP contribution in [0.3, 0.4) is 0 Å². The van der Waals surface area contributed by atoms with Gasteiger partial charge in [-0.05, 0) is 26.7 Å². The second-order valence-corrected chi connectivity index (χ2v) is 5.67. The minimum absolute atomic E-state index is 0. The van der Waals surface area contributed by atoms with Crippen LogP contribution in [-0.4, -0.2) is 22.6 Å². The molecule has 7 nitrogen and oxygen atoms in total. The minimum atomic E-state index is 0. The van der Waals surface area contributed by atoms with E-state index in [1.54, 1.807) is 0 Å². The zero-order valence-corrected chi connectivity index (χ0v) is 17.2. The Labute approximate surface area is 159 Å². The molecule has 2 N–H and O–H groups in total. The third-order valence-corrected chi connectivity index (χ3v) is 3.39. The Morgan fingerprint density at radius 1 is 1.29 bits per heavy atom. The first-order valence-electron chi connectivity index (χ1n) is 7.90. The summed E-state index contributed by atoms with van der Waals surface area (Å²) in [5, 5.41) is 10.4. The van der Waals surface area contributed by atoms with Gasteiger partial charge in [0.05, 0.1) is 17.9 Å². The van der Waals surface area contributed by atoms with Crippen molar-refractivity contribution in [1.29, 1.82) is 0 Å². The number of aromatic nitrogens is 2. The van der Waals surface area contributed by atoms with Gasteiger partial charge in [-0.2, -0.15) is 0 Å². The third-order valence-electron chi connectivity index (χ3n) is 3.39. The Balaban J connectivity index is 0.00000288. The van der Waals surface area contributed by atoms with Gasteiger partial charge in [-0.15, -0.1) is 24.0 Å². The summed E-state index contributed by atoms with van der Waals surface area (Å²) in [6.07, 6.45) is 0. The second kappa shape index (κ2) is 9.65. The molecular weight excluding hydrogens is 421 g/mol. The lowest BCUT2D eigenvalue weighted by atomic mass is 10.1. The number of nitrogens with zero attached hydrogens (tertiary/aromatic N) is 3. The van der Waals surface area contributed by atoms with E-state index in [0.717, 1.165) is 29.5 Å². The van der Waals surface area contributed by atoms with Crippen LogP contribution in [0.25, 0.3) is 0 Å². The van der Waals surface area contributed by atoms with E-state index in [4.69, 9.17) is 8.94 Å². The van der Waals surface area contributed by atoms with E-state index >= 15 is 0 Å². The van der Waals surface area contributed by atoms with Gasteiger partial charge in [0, 0.05) is 12.6 Å². The van der Waals surface area contributed by atoms with Crippen LogP contribution in [0.15, 0.2) is 20.0 Å². The van der Waals surface area contributed by atoms with Crippen LogP contribution in [0.2, 0.25) is 0 Å². The van der Waals surface area contributed by atoms with Crippen molar-refractivity contribution in [1.82, 2.24) is 20.8 Å². The summed E-state index contributed by atoms with van der Waals surface area (Å²) in [5.41, 5.74) is 1.85. The Hall–Kier alpha value is -1.58. The molecule has 24 heavy (non-hydrogen) atoms. The van der Waals surface area contributed by atoms with Crippen molar-refractivity contribution in [2.24, 2.45) is 4.99 Å². The van der Waals surface area contributed by atoms with E-state index < -0.39 is 0 Å². The van der Waals surface area contributed by atoms with Gasteiger partial charge in [-0.3, -0.25) is 0 Å². The zero-order chi connectivity index (χ0) is 16.8. The number of guanidine groups is 1. The topological polar surface area (TPSA) is 88.5 Å². The fourth-order valence-corrected chi connectivity index (χ4v) is 1.95. The fraction of sp³-hybridized carbons (Fsp3) is 0.562. The molecule has 2 aromatic rings. The summed E-state index contributed by atoms with van der Waals surface area (Å²) in [5.74, 6) is 3.26. The van der Waals surface area contributed by atoms with E-state index in [1.807, 2.05) is 26.8 Å². The summed E-state index contributed by atoms with van der Waals surface area (Å²) < 4.78 is 10.8. The number of aliphatic imine (C=N–C) groups is 1. The van der Waals surface area contributed by atoms with Crippen LogP contribution >= 0.6 is 24.0 Å². The lowest BCUT2D eigenvalue weighted by Crippen LogP contribution is -2.36. The quantitative estimate of drug-likeness (QED) is 0.402. The van der Waals surface area contributed by atoms with E-state index in [9.17, 15) is 0 Å². The van der Waals surface area contributed by atoms with E-state index in [2.05, 4.69) is 39.6 Å². The van der Waals surface area contributed by atoms with Crippen molar-refractivity contribution in [3.05, 3.63) is 34.9 Å². The lowest BCUT2D eigenvalue weighted by molar-refractivity contribution is 0.376. The number of oxazole rings is 1. The number of nitrogens with one attached hydrogen (secondary N) is 2. The SMILES string of the molecule is CCNC(=NCc1cc(C(C)C)no1)NCc1nc(C)c(C)o1.I. The molecule has 2 heterocycles. The van der Waals surface area contributed by atoms with Gasteiger partial charge >= 0.3 is 0 Å². The van der Waals surface area contributed by atoms with Gasteiger partial charge in [0.1, 0.15) is 12.3 Å². The molecule has 0 radical (unpaired) electrons. The van der Waals surface area contributed by atoms with Gasteiger partial charge in [0.25, 0.3) is 0 Å². The van der Waals surface area contributed by atoms with Gasteiger partial charge < -0.3 is 19.6 Å². The van der Waals surface area contributed by atoms with Crippen LogP contribution in [0.4, 0.5) is 0 Å². The number of hydrogen-bond donors (Lipinski definition) is 2. The first-order valence-corrected chi connectivity index (χ1v) is 7.90. The van der Waals surface area contributed by atoms with E-state index in [1.165, 1.54) is 0 Å². The van der Waals surface area contributed by atoms with Gasteiger partial charge in [0.2, 0.25) is 5.89 Å². The smallest absolute Gasteiger partial charge is 0.214 e. The first kappa shape index (κ1) is 20.5. The van der Waals surface area contributed by atoms with Crippen molar-refractivity contribution in [3.63, 3.8) is 0 Å².